The van der Waals surface area contributed by atoms with Crippen molar-refractivity contribution in [1.29, 1.82) is 0 Å². The van der Waals surface area contributed by atoms with Gasteiger partial charge in [0, 0.05) is 5.56 Å². The molecule has 1 atom stereocenters. The summed E-state index contributed by atoms with van der Waals surface area (Å²) in [5, 5.41) is 7.84. The molecule has 9 heteroatoms. The number of esters is 1. The number of halogens is 2. The molecule has 0 N–H and O–H groups in total. The van der Waals surface area contributed by atoms with Gasteiger partial charge in [-0.25, -0.2) is 4.79 Å². The van der Waals surface area contributed by atoms with Crippen molar-refractivity contribution in [3.8, 4) is 23.0 Å². The van der Waals surface area contributed by atoms with Crippen LogP contribution in [0, 0.1) is 0 Å². The lowest BCUT2D eigenvalue weighted by Crippen LogP contribution is -2.10. The van der Waals surface area contributed by atoms with E-state index in [0.29, 0.717) is 5.89 Å². The van der Waals surface area contributed by atoms with E-state index in [9.17, 15) is 13.6 Å². The Bertz CT molecular complexity index is 947. The van der Waals surface area contributed by atoms with Crippen molar-refractivity contribution in [2.24, 2.45) is 0 Å². The maximum atomic E-state index is 12.4. The Balaban J connectivity index is 1.71. The molecule has 0 aliphatic heterocycles. The zero-order valence-electron chi connectivity index (χ0n) is 15.0. The van der Waals surface area contributed by atoms with Gasteiger partial charge in [0.15, 0.2) is 17.6 Å². The number of benzene rings is 2. The topological polar surface area (TPSA) is 83.7 Å². The van der Waals surface area contributed by atoms with E-state index < -0.39 is 18.7 Å². The van der Waals surface area contributed by atoms with Crippen LogP contribution in [0.25, 0.3) is 11.5 Å². The number of ether oxygens (including phenoxy) is 3. The van der Waals surface area contributed by atoms with Crippen LogP contribution in [0.4, 0.5) is 8.78 Å². The van der Waals surface area contributed by atoms with Crippen LogP contribution in [0.3, 0.4) is 0 Å². The fraction of sp³-hybridized carbons (Fsp3) is 0.211. The first-order valence-electron chi connectivity index (χ1n) is 8.20. The fourth-order valence-electron chi connectivity index (χ4n) is 2.36. The lowest BCUT2D eigenvalue weighted by atomic mass is 10.2. The van der Waals surface area contributed by atoms with Crippen LogP contribution in [0.2, 0.25) is 0 Å². The number of alkyl halides is 2. The van der Waals surface area contributed by atoms with Crippen LogP contribution in [0.5, 0.6) is 11.5 Å². The number of hydrogen-bond acceptors (Lipinski definition) is 7. The first-order valence-corrected chi connectivity index (χ1v) is 8.20. The van der Waals surface area contributed by atoms with Crippen molar-refractivity contribution in [2.75, 3.05) is 7.11 Å². The molecule has 0 aliphatic carbocycles. The van der Waals surface area contributed by atoms with Crippen molar-refractivity contribution < 1.29 is 32.2 Å². The van der Waals surface area contributed by atoms with Crippen molar-refractivity contribution >= 4 is 5.97 Å². The predicted molar refractivity (Wildman–Crippen MR) is 93.2 cm³/mol. The van der Waals surface area contributed by atoms with Gasteiger partial charge in [-0.2, -0.15) is 8.78 Å². The highest BCUT2D eigenvalue weighted by Gasteiger charge is 2.21. The minimum absolute atomic E-state index is 0.0217. The summed E-state index contributed by atoms with van der Waals surface area (Å²) in [6.07, 6.45) is -0.819. The second-order valence-corrected chi connectivity index (χ2v) is 5.60. The minimum Gasteiger partial charge on any atom is -0.493 e. The maximum absolute atomic E-state index is 12.4. The van der Waals surface area contributed by atoms with Crippen LogP contribution < -0.4 is 9.47 Å². The van der Waals surface area contributed by atoms with E-state index in [2.05, 4.69) is 14.9 Å². The Morgan fingerprint density at radius 1 is 1.07 bits per heavy atom. The number of aromatic nitrogens is 2. The molecule has 0 unspecified atom stereocenters. The number of nitrogens with zero attached hydrogens (tertiary/aromatic N) is 2. The molecule has 3 aromatic rings. The molecule has 0 spiro atoms. The summed E-state index contributed by atoms with van der Waals surface area (Å²) in [6.45, 7) is -1.44. The monoisotopic (exact) mass is 390 g/mol. The van der Waals surface area contributed by atoms with Crippen LogP contribution >= 0.6 is 0 Å². The molecule has 0 bridgehead atoms. The lowest BCUT2D eigenvalue weighted by Gasteiger charge is -2.12. The Morgan fingerprint density at radius 3 is 2.50 bits per heavy atom. The summed E-state index contributed by atoms with van der Waals surface area (Å²) >= 11 is 0. The van der Waals surface area contributed by atoms with Crippen molar-refractivity contribution in [2.45, 2.75) is 19.6 Å². The molecule has 0 fully saturated rings. The number of carbonyl (C=O) groups excluding carboxylic acids is 1. The molecule has 3 rings (SSSR count). The van der Waals surface area contributed by atoms with E-state index in [4.69, 9.17) is 13.9 Å². The number of rotatable bonds is 7. The van der Waals surface area contributed by atoms with Crippen LogP contribution in [-0.2, 0) is 4.74 Å². The molecule has 0 aliphatic rings. The van der Waals surface area contributed by atoms with E-state index in [1.165, 1.54) is 25.3 Å². The molecule has 0 amide bonds. The van der Waals surface area contributed by atoms with Gasteiger partial charge in [0.2, 0.25) is 5.89 Å². The molecule has 0 radical (unpaired) electrons. The summed E-state index contributed by atoms with van der Waals surface area (Å²) in [7, 11) is 1.27. The molecular formula is C19H16F2N2O5. The quantitative estimate of drug-likeness (QED) is 0.557. The number of methoxy groups -OCH3 is 1. The highest BCUT2D eigenvalue weighted by Crippen LogP contribution is 2.30. The highest BCUT2D eigenvalue weighted by molar-refractivity contribution is 5.90. The molecule has 1 aromatic heterocycles. The zero-order valence-corrected chi connectivity index (χ0v) is 15.0. The SMILES string of the molecule is COc1cc(C(=O)O[C@@H](C)c2nnc(-c3ccccc3)o2)ccc1OC(F)F. The molecule has 1 heterocycles. The van der Waals surface area contributed by atoms with E-state index >= 15 is 0 Å². The minimum atomic E-state index is -3.01. The third kappa shape index (κ3) is 4.43. The third-order valence-corrected chi connectivity index (χ3v) is 3.71. The summed E-state index contributed by atoms with van der Waals surface area (Å²) in [5.74, 6) is -0.502. The van der Waals surface area contributed by atoms with Crippen LogP contribution in [0.15, 0.2) is 52.9 Å². The Morgan fingerprint density at radius 2 is 1.82 bits per heavy atom. The lowest BCUT2D eigenvalue weighted by molar-refractivity contribution is -0.0512. The van der Waals surface area contributed by atoms with Crippen LogP contribution in [-0.4, -0.2) is 29.9 Å². The Kier molecular flexibility index (Phi) is 5.83. The molecule has 2 aromatic carbocycles. The fourth-order valence-corrected chi connectivity index (χ4v) is 2.36. The largest absolute Gasteiger partial charge is 0.493 e. The van der Waals surface area contributed by atoms with Gasteiger partial charge in [-0.3, -0.25) is 0 Å². The Hall–Kier alpha value is -3.49. The molecule has 0 saturated carbocycles. The molecule has 0 saturated heterocycles. The first-order chi connectivity index (χ1) is 13.5. The highest BCUT2D eigenvalue weighted by atomic mass is 19.3. The van der Waals surface area contributed by atoms with Gasteiger partial charge in [-0.15, -0.1) is 10.2 Å². The second kappa shape index (κ2) is 8.47. The average Bonchev–Trinajstić information content (AvgIpc) is 3.19. The Labute approximate surface area is 158 Å². The van der Waals surface area contributed by atoms with E-state index in [0.717, 1.165) is 5.56 Å². The summed E-state index contributed by atoms with van der Waals surface area (Å²) in [5.41, 5.74) is 0.826. The van der Waals surface area contributed by atoms with E-state index in [1.807, 2.05) is 30.3 Å². The van der Waals surface area contributed by atoms with Crippen molar-refractivity contribution in [1.82, 2.24) is 10.2 Å². The van der Waals surface area contributed by atoms with Crippen LogP contribution in [0.1, 0.15) is 29.3 Å². The molecular weight excluding hydrogens is 374 g/mol. The van der Waals surface area contributed by atoms with Crippen molar-refractivity contribution in [3.63, 3.8) is 0 Å². The summed E-state index contributed by atoms with van der Waals surface area (Å²) in [6, 6.07) is 12.9. The zero-order chi connectivity index (χ0) is 20.1. The van der Waals surface area contributed by atoms with Crippen molar-refractivity contribution in [3.05, 3.63) is 60.0 Å². The summed E-state index contributed by atoms with van der Waals surface area (Å²) in [4.78, 5) is 12.4. The summed E-state index contributed by atoms with van der Waals surface area (Å²) < 4.78 is 44.9. The number of hydrogen-bond donors (Lipinski definition) is 0. The third-order valence-electron chi connectivity index (χ3n) is 3.71. The smallest absolute Gasteiger partial charge is 0.387 e. The van der Waals surface area contributed by atoms with Gasteiger partial charge >= 0.3 is 12.6 Å². The van der Waals surface area contributed by atoms with E-state index in [1.54, 1.807) is 6.92 Å². The normalized spacial score (nSPS) is 11.9. The molecule has 7 nitrogen and oxygen atoms in total. The van der Waals surface area contributed by atoms with Gasteiger partial charge in [-0.1, -0.05) is 18.2 Å². The van der Waals surface area contributed by atoms with Gasteiger partial charge in [0.25, 0.3) is 5.89 Å². The first kappa shape index (κ1) is 19.3. The molecule has 28 heavy (non-hydrogen) atoms. The number of carbonyl (C=O) groups is 1. The maximum Gasteiger partial charge on any atom is 0.387 e. The van der Waals surface area contributed by atoms with Gasteiger partial charge < -0.3 is 18.6 Å². The molecule has 146 valence electrons. The second-order valence-electron chi connectivity index (χ2n) is 5.60. The standard InChI is InChI=1S/C19H16F2N2O5/c1-11(16-22-23-17(28-16)12-6-4-3-5-7-12)26-18(24)13-8-9-14(27-19(20)21)15(10-13)25-2/h3-11,19H,1-2H3/t11-/m0/s1. The van der Waals surface area contributed by atoms with Gasteiger partial charge in [0.05, 0.1) is 12.7 Å². The predicted octanol–water partition coefficient (Wildman–Crippen LogP) is 4.26. The average molecular weight is 390 g/mol. The van der Waals surface area contributed by atoms with Gasteiger partial charge in [0.1, 0.15) is 0 Å². The van der Waals surface area contributed by atoms with Gasteiger partial charge in [-0.05, 0) is 37.3 Å². The van der Waals surface area contributed by atoms with E-state index in [-0.39, 0.29) is 23.0 Å².